The van der Waals surface area contributed by atoms with Crippen molar-refractivity contribution in [2.45, 2.75) is 13.0 Å². The average molecular weight is 468 g/mol. The van der Waals surface area contributed by atoms with Crippen LogP contribution in [0.5, 0.6) is 17.2 Å². The van der Waals surface area contributed by atoms with Crippen molar-refractivity contribution in [3.63, 3.8) is 0 Å². The fraction of sp³-hybridized carbons (Fsp3) is 0.182. The van der Waals surface area contributed by atoms with Crippen LogP contribution in [0.15, 0.2) is 60.8 Å². The van der Waals surface area contributed by atoms with Crippen molar-refractivity contribution < 1.29 is 18.7 Å². The van der Waals surface area contributed by atoms with Crippen LogP contribution in [0.3, 0.4) is 0 Å². The van der Waals surface area contributed by atoms with Gasteiger partial charge >= 0.3 is 0 Å². The van der Waals surface area contributed by atoms with Crippen molar-refractivity contribution in [3.8, 4) is 17.2 Å². The van der Waals surface area contributed by atoms with E-state index in [2.05, 4.69) is 10.3 Å². The Labute approximate surface area is 192 Å². The summed E-state index contributed by atoms with van der Waals surface area (Å²) in [5, 5.41) is 2.84. The Kier molecular flexibility index (Phi) is 10.8. The zero-order chi connectivity index (χ0) is 20.6. The van der Waals surface area contributed by atoms with Gasteiger partial charge in [-0.05, 0) is 48.0 Å². The first-order valence-corrected chi connectivity index (χ1v) is 9.13. The molecule has 31 heavy (non-hydrogen) atoms. The molecule has 0 fully saturated rings. The molecule has 0 saturated carbocycles. The second kappa shape index (κ2) is 12.7. The number of rotatable bonds is 8. The van der Waals surface area contributed by atoms with Crippen LogP contribution in [0.25, 0.3) is 0 Å². The van der Waals surface area contributed by atoms with E-state index in [9.17, 15) is 9.18 Å². The number of hydrogen-bond donors (Lipinski definition) is 2. The number of pyridine rings is 1. The monoisotopic (exact) mass is 467 g/mol. The summed E-state index contributed by atoms with van der Waals surface area (Å²) in [6, 6.07) is 14.9. The van der Waals surface area contributed by atoms with Gasteiger partial charge in [0.25, 0.3) is 5.91 Å². The normalized spacial score (nSPS) is 9.77. The smallest absolute Gasteiger partial charge is 0.251 e. The van der Waals surface area contributed by atoms with Crippen LogP contribution in [-0.2, 0) is 13.0 Å². The molecule has 0 atom stereocenters. The summed E-state index contributed by atoms with van der Waals surface area (Å²) < 4.78 is 25.2. The Morgan fingerprint density at radius 3 is 2.48 bits per heavy atom. The molecule has 0 radical (unpaired) electrons. The van der Waals surface area contributed by atoms with Crippen LogP contribution in [0.4, 0.5) is 4.39 Å². The number of carbonyl (C=O) groups is 1. The molecule has 0 bridgehead atoms. The molecule has 1 aromatic heterocycles. The first-order valence-electron chi connectivity index (χ1n) is 9.13. The van der Waals surface area contributed by atoms with Crippen LogP contribution < -0.4 is 20.5 Å². The van der Waals surface area contributed by atoms with E-state index < -0.39 is 5.82 Å². The minimum Gasteiger partial charge on any atom is -0.493 e. The topological polar surface area (TPSA) is 86.5 Å². The highest BCUT2D eigenvalue weighted by atomic mass is 35.5. The van der Waals surface area contributed by atoms with E-state index in [-0.39, 0.29) is 48.8 Å². The number of hydrogen-bond acceptors (Lipinski definition) is 5. The number of nitrogens with one attached hydrogen (secondary N) is 1. The summed E-state index contributed by atoms with van der Waals surface area (Å²) in [5.74, 6) is -0.164. The quantitative estimate of drug-likeness (QED) is 0.515. The van der Waals surface area contributed by atoms with Gasteiger partial charge in [0.05, 0.1) is 7.11 Å². The third-order valence-corrected chi connectivity index (χ3v) is 4.27. The summed E-state index contributed by atoms with van der Waals surface area (Å²) in [5.41, 5.74) is 7.44. The number of nitrogens with two attached hydrogens (primary N) is 1. The molecule has 166 valence electrons. The summed E-state index contributed by atoms with van der Waals surface area (Å²) in [4.78, 5) is 16.7. The van der Waals surface area contributed by atoms with Crippen molar-refractivity contribution in [2.24, 2.45) is 5.73 Å². The summed E-state index contributed by atoms with van der Waals surface area (Å²) in [6.45, 7) is 0.669. The molecule has 3 N–H and O–H groups in total. The number of aromatic nitrogens is 1. The van der Waals surface area contributed by atoms with E-state index >= 15 is 0 Å². The molecule has 0 saturated heterocycles. The highest BCUT2D eigenvalue weighted by molar-refractivity contribution is 5.94. The second-order valence-electron chi connectivity index (χ2n) is 6.26. The van der Waals surface area contributed by atoms with E-state index in [1.165, 1.54) is 25.3 Å². The molecule has 2 aromatic carbocycles. The molecular weight excluding hydrogens is 444 g/mol. The van der Waals surface area contributed by atoms with Gasteiger partial charge in [0, 0.05) is 37.0 Å². The molecule has 6 nitrogen and oxygen atoms in total. The third kappa shape index (κ3) is 7.10. The number of carbonyl (C=O) groups excluding carboxylic acids is 1. The largest absolute Gasteiger partial charge is 0.493 e. The number of amides is 1. The molecular formula is C22H24Cl2FN3O3. The van der Waals surface area contributed by atoms with Crippen molar-refractivity contribution in [3.05, 3.63) is 83.4 Å². The van der Waals surface area contributed by atoms with Gasteiger partial charge in [-0.1, -0.05) is 12.1 Å². The van der Waals surface area contributed by atoms with Crippen LogP contribution in [0.2, 0.25) is 0 Å². The molecule has 0 aliphatic carbocycles. The summed E-state index contributed by atoms with van der Waals surface area (Å²) >= 11 is 0. The Hall–Kier alpha value is -2.87. The Morgan fingerprint density at radius 1 is 1.06 bits per heavy atom. The molecule has 0 aliphatic rings. The van der Waals surface area contributed by atoms with Gasteiger partial charge in [0.2, 0.25) is 0 Å². The van der Waals surface area contributed by atoms with Crippen molar-refractivity contribution in [2.75, 3.05) is 13.7 Å². The van der Waals surface area contributed by atoms with Crippen LogP contribution in [-0.4, -0.2) is 24.5 Å². The van der Waals surface area contributed by atoms with E-state index in [1.807, 2.05) is 18.2 Å². The first kappa shape index (κ1) is 26.2. The van der Waals surface area contributed by atoms with Gasteiger partial charge < -0.3 is 20.5 Å². The molecule has 3 rings (SSSR count). The predicted octanol–water partition coefficient (Wildman–Crippen LogP) is 4.30. The van der Waals surface area contributed by atoms with Crippen LogP contribution >= 0.6 is 24.8 Å². The molecule has 0 unspecified atom stereocenters. The maximum absolute atomic E-state index is 14.2. The molecule has 9 heteroatoms. The fourth-order valence-electron chi connectivity index (χ4n) is 2.72. The highest BCUT2D eigenvalue weighted by Gasteiger charge is 2.14. The molecule has 3 aromatic rings. The zero-order valence-corrected chi connectivity index (χ0v) is 18.5. The first-order chi connectivity index (χ1) is 14.1. The van der Waals surface area contributed by atoms with Crippen LogP contribution in [0, 0.1) is 5.82 Å². The van der Waals surface area contributed by atoms with Gasteiger partial charge in [-0.3, -0.25) is 9.78 Å². The van der Waals surface area contributed by atoms with Crippen LogP contribution in [0.1, 0.15) is 21.6 Å². The van der Waals surface area contributed by atoms with Gasteiger partial charge in [-0.15, -0.1) is 24.8 Å². The third-order valence-electron chi connectivity index (χ3n) is 4.27. The van der Waals surface area contributed by atoms with Crippen molar-refractivity contribution in [1.82, 2.24) is 10.3 Å². The number of methoxy groups -OCH3 is 1. The number of benzene rings is 2. The van der Waals surface area contributed by atoms with E-state index in [4.69, 9.17) is 15.2 Å². The van der Waals surface area contributed by atoms with Gasteiger partial charge in [0.1, 0.15) is 0 Å². The van der Waals surface area contributed by atoms with E-state index in [1.54, 1.807) is 24.4 Å². The molecule has 1 heterocycles. The highest BCUT2D eigenvalue weighted by Crippen LogP contribution is 2.33. The lowest BCUT2D eigenvalue weighted by Gasteiger charge is -2.13. The SMILES string of the molecule is COc1ccc(C(=O)NCCc2ccccn2)cc1Oc1ccc(CN)cc1F.Cl.Cl. The molecule has 1 amide bonds. The van der Waals surface area contributed by atoms with Crippen molar-refractivity contribution in [1.29, 1.82) is 0 Å². The minimum absolute atomic E-state index is 0. The van der Waals surface area contributed by atoms with Gasteiger partial charge in [-0.2, -0.15) is 0 Å². The molecule has 0 spiro atoms. The number of nitrogens with zero attached hydrogens (tertiary/aromatic N) is 1. The number of halogens is 3. The zero-order valence-electron chi connectivity index (χ0n) is 16.8. The molecule has 0 aliphatic heterocycles. The Bertz CT molecular complexity index is 991. The Morgan fingerprint density at radius 2 is 1.84 bits per heavy atom. The lowest BCUT2D eigenvalue weighted by molar-refractivity contribution is 0.0953. The predicted molar refractivity (Wildman–Crippen MR) is 122 cm³/mol. The van der Waals surface area contributed by atoms with Crippen molar-refractivity contribution >= 4 is 30.7 Å². The average Bonchev–Trinajstić information content (AvgIpc) is 2.75. The summed E-state index contributed by atoms with van der Waals surface area (Å²) in [6.07, 6.45) is 2.33. The minimum atomic E-state index is -0.541. The van der Waals surface area contributed by atoms with Gasteiger partial charge in [0.15, 0.2) is 23.1 Å². The lowest BCUT2D eigenvalue weighted by atomic mass is 10.1. The lowest BCUT2D eigenvalue weighted by Crippen LogP contribution is -2.25. The summed E-state index contributed by atoms with van der Waals surface area (Å²) in [7, 11) is 1.47. The second-order valence-corrected chi connectivity index (χ2v) is 6.26. The maximum Gasteiger partial charge on any atom is 0.251 e. The van der Waals surface area contributed by atoms with E-state index in [0.29, 0.717) is 29.8 Å². The maximum atomic E-state index is 14.2. The fourth-order valence-corrected chi connectivity index (χ4v) is 2.72. The van der Waals surface area contributed by atoms with E-state index in [0.717, 1.165) is 5.69 Å². The number of ether oxygens (including phenoxy) is 2. The Balaban J connectivity index is 0.00000240. The standard InChI is InChI=1S/C22H22FN3O3.2ClH/c1-28-20-8-6-16(22(27)26-11-9-17-4-2-3-10-25-17)13-21(20)29-19-7-5-15(14-24)12-18(19)23;;/h2-8,10,12-13H,9,11,14,24H2,1H3,(H,26,27);2*1H. The van der Waals surface area contributed by atoms with Gasteiger partial charge in [-0.25, -0.2) is 4.39 Å².